The third-order valence-electron chi connectivity index (χ3n) is 2.59. The number of aliphatic hydroxyl groups excluding tert-OH is 1. The van der Waals surface area contributed by atoms with Gasteiger partial charge in [0.1, 0.15) is 0 Å². The number of hydrogen-bond donors (Lipinski definition) is 1. The zero-order valence-electron chi connectivity index (χ0n) is 7.16. The van der Waals surface area contributed by atoms with E-state index in [-0.39, 0.29) is 6.61 Å². The largest absolute Gasteiger partial charge is 0.390 e. The fraction of sp³-hybridized carbons (Fsp3) is 0.444. The van der Waals surface area contributed by atoms with E-state index in [2.05, 4.69) is 9.38 Å². The van der Waals surface area contributed by atoms with Crippen molar-refractivity contribution in [1.82, 2.24) is 9.38 Å². The predicted molar refractivity (Wildman–Crippen MR) is 51.0 cm³/mol. The maximum absolute atomic E-state index is 9.12. The highest BCUT2D eigenvalue weighted by atomic mass is 32.1. The summed E-state index contributed by atoms with van der Waals surface area (Å²) in [7, 11) is 0. The van der Waals surface area contributed by atoms with Crippen molar-refractivity contribution in [2.75, 3.05) is 0 Å². The van der Waals surface area contributed by atoms with Crippen LogP contribution in [-0.2, 0) is 19.4 Å². The highest BCUT2D eigenvalue weighted by Crippen LogP contribution is 2.31. The molecule has 2 aromatic rings. The van der Waals surface area contributed by atoms with Crippen molar-refractivity contribution in [3.63, 3.8) is 0 Å². The molecule has 1 N–H and O–H groups in total. The summed E-state index contributed by atoms with van der Waals surface area (Å²) in [6, 6.07) is 0. The Hall–Kier alpha value is -0.870. The maximum Gasteiger partial charge on any atom is 0.194 e. The smallest absolute Gasteiger partial charge is 0.194 e. The Morgan fingerprint density at radius 3 is 3.31 bits per heavy atom. The van der Waals surface area contributed by atoms with Gasteiger partial charge in [-0.15, -0.1) is 11.3 Å². The Kier molecular flexibility index (Phi) is 1.48. The summed E-state index contributed by atoms with van der Waals surface area (Å²) in [4.78, 5) is 6.77. The zero-order valence-corrected chi connectivity index (χ0v) is 7.97. The van der Waals surface area contributed by atoms with E-state index in [1.807, 2.05) is 0 Å². The second-order valence-corrected chi connectivity index (χ2v) is 4.41. The summed E-state index contributed by atoms with van der Waals surface area (Å²) in [5.74, 6) is 0. The van der Waals surface area contributed by atoms with Crippen molar-refractivity contribution in [3.05, 3.63) is 22.5 Å². The highest BCUT2D eigenvalue weighted by Gasteiger charge is 2.19. The number of aliphatic hydroxyl groups is 1. The van der Waals surface area contributed by atoms with Crippen LogP contribution in [0.15, 0.2) is 6.20 Å². The molecule has 0 saturated heterocycles. The number of hydrogen-bond acceptors (Lipinski definition) is 3. The molecule has 0 aliphatic heterocycles. The Labute approximate surface area is 79.7 Å². The third kappa shape index (κ3) is 0.899. The lowest BCUT2D eigenvalue weighted by molar-refractivity contribution is 0.275. The molecule has 2 aromatic heterocycles. The van der Waals surface area contributed by atoms with E-state index in [4.69, 9.17) is 5.11 Å². The van der Waals surface area contributed by atoms with Crippen molar-refractivity contribution in [2.45, 2.75) is 25.9 Å². The van der Waals surface area contributed by atoms with E-state index in [0.717, 1.165) is 17.1 Å². The first-order valence-corrected chi connectivity index (χ1v) is 5.29. The van der Waals surface area contributed by atoms with Gasteiger partial charge in [-0.1, -0.05) is 0 Å². The van der Waals surface area contributed by atoms with E-state index in [1.54, 1.807) is 17.5 Å². The van der Waals surface area contributed by atoms with Gasteiger partial charge < -0.3 is 5.11 Å². The Morgan fingerprint density at radius 2 is 2.46 bits per heavy atom. The molecule has 1 aliphatic carbocycles. The molecule has 0 unspecified atom stereocenters. The summed E-state index contributed by atoms with van der Waals surface area (Å²) in [5, 5.41) is 9.12. The quantitative estimate of drug-likeness (QED) is 0.744. The normalized spacial score (nSPS) is 15.5. The van der Waals surface area contributed by atoms with Crippen LogP contribution in [-0.4, -0.2) is 14.5 Å². The second kappa shape index (κ2) is 2.56. The van der Waals surface area contributed by atoms with Gasteiger partial charge in [0.25, 0.3) is 0 Å². The number of thiazole rings is 1. The van der Waals surface area contributed by atoms with E-state index in [9.17, 15) is 0 Å². The summed E-state index contributed by atoms with van der Waals surface area (Å²) < 4.78 is 2.12. The summed E-state index contributed by atoms with van der Waals surface area (Å²) >= 11 is 1.76. The fourth-order valence-electron chi connectivity index (χ4n) is 2.00. The van der Waals surface area contributed by atoms with Gasteiger partial charge in [-0.2, -0.15) is 0 Å². The van der Waals surface area contributed by atoms with Crippen LogP contribution in [0.4, 0.5) is 0 Å². The lowest BCUT2D eigenvalue weighted by Crippen LogP contribution is -1.94. The summed E-state index contributed by atoms with van der Waals surface area (Å²) in [6.07, 6.45) is 5.34. The van der Waals surface area contributed by atoms with Gasteiger partial charge in [0.15, 0.2) is 4.96 Å². The molecule has 0 fully saturated rings. The third-order valence-corrected chi connectivity index (χ3v) is 3.74. The van der Waals surface area contributed by atoms with Crippen LogP contribution in [0, 0.1) is 0 Å². The minimum atomic E-state index is 0.0876. The lowest BCUT2D eigenvalue weighted by Gasteiger charge is -1.96. The molecule has 0 radical (unpaired) electrons. The van der Waals surface area contributed by atoms with Gasteiger partial charge in [0.2, 0.25) is 0 Å². The van der Waals surface area contributed by atoms with E-state index >= 15 is 0 Å². The topological polar surface area (TPSA) is 37.5 Å². The van der Waals surface area contributed by atoms with Crippen LogP contribution in [0.25, 0.3) is 4.96 Å². The van der Waals surface area contributed by atoms with E-state index in [1.165, 1.54) is 23.4 Å². The van der Waals surface area contributed by atoms with Gasteiger partial charge >= 0.3 is 0 Å². The average Bonchev–Trinajstić information content (AvgIpc) is 2.72. The average molecular weight is 194 g/mol. The molecular formula is C9H10N2OS. The van der Waals surface area contributed by atoms with Gasteiger partial charge in [-0.3, -0.25) is 4.40 Å². The molecule has 0 aromatic carbocycles. The number of imidazole rings is 1. The second-order valence-electron chi connectivity index (χ2n) is 3.35. The molecular weight excluding hydrogens is 184 g/mol. The van der Waals surface area contributed by atoms with Crippen molar-refractivity contribution in [3.8, 4) is 0 Å². The molecule has 3 rings (SSSR count). The van der Waals surface area contributed by atoms with Crippen LogP contribution in [0.1, 0.15) is 22.7 Å². The highest BCUT2D eigenvalue weighted by molar-refractivity contribution is 7.17. The molecule has 13 heavy (non-hydrogen) atoms. The van der Waals surface area contributed by atoms with Gasteiger partial charge in [0.05, 0.1) is 18.5 Å². The van der Waals surface area contributed by atoms with Crippen molar-refractivity contribution in [2.24, 2.45) is 0 Å². The number of fused-ring (bicyclic) bond motifs is 3. The Bertz CT molecular complexity index is 457. The summed E-state index contributed by atoms with van der Waals surface area (Å²) in [5.41, 5.74) is 2.30. The van der Waals surface area contributed by atoms with Crippen molar-refractivity contribution >= 4 is 16.3 Å². The number of rotatable bonds is 1. The molecule has 0 bridgehead atoms. The van der Waals surface area contributed by atoms with Crippen LogP contribution in [0.2, 0.25) is 0 Å². The number of nitrogens with zero attached hydrogens (tertiary/aromatic N) is 2. The molecule has 3 nitrogen and oxygen atoms in total. The van der Waals surface area contributed by atoms with Gasteiger partial charge in [-0.25, -0.2) is 4.98 Å². The maximum atomic E-state index is 9.12. The Balaban J connectivity index is 2.36. The zero-order chi connectivity index (χ0) is 8.84. The fourth-order valence-corrected chi connectivity index (χ4v) is 3.20. The number of aryl methyl sites for hydroxylation is 2. The van der Waals surface area contributed by atoms with E-state index < -0.39 is 0 Å². The molecule has 0 saturated carbocycles. The molecule has 0 atom stereocenters. The minimum absolute atomic E-state index is 0.0876. The monoisotopic (exact) mass is 194 g/mol. The SMILES string of the molecule is OCc1cnc2sc3c(n12)CCC3. The first-order chi connectivity index (χ1) is 6.40. The first kappa shape index (κ1) is 7.53. The van der Waals surface area contributed by atoms with Crippen molar-refractivity contribution < 1.29 is 5.11 Å². The lowest BCUT2D eigenvalue weighted by atomic mass is 10.3. The van der Waals surface area contributed by atoms with Crippen LogP contribution in [0.3, 0.4) is 0 Å². The first-order valence-electron chi connectivity index (χ1n) is 4.48. The van der Waals surface area contributed by atoms with Gasteiger partial charge in [-0.05, 0) is 19.3 Å². The van der Waals surface area contributed by atoms with Crippen LogP contribution in [0.5, 0.6) is 0 Å². The molecule has 4 heteroatoms. The van der Waals surface area contributed by atoms with Crippen LogP contribution < -0.4 is 0 Å². The van der Waals surface area contributed by atoms with Crippen LogP contribution >= 0.6 is 11.3 Å². The van der Waals surface area contributed by atoms with Crippen molar-refractivity contribution in [1.29, 1.82) is 0 Å². The number of aromatic nitrogens is 2. The minimum Gasteiger partial charge on any atom is -0.390 e. The molecule has 1 aliphatic rings. The predicted octanol–water partition coefficient (Wildman–Crippen LogP) is 1.38. The molecule has 0 amide bonds. The molecule has 68 valence electrons. The summed E-state index contributed by atoms with van der Waals surface area (Å²) in [6.45, 7) is 0.0876. The standard InChI is InChI=1S/C9H10N2OS/c12-5-6-4-10-9-11(6)7-2-1-3-8(7)13-9/h4,12H,1-3,5H2. The van der Waals surface area contributed by atoms with Gasteiger partial charge in [0, 0.05) is 10.6 Å². The molecule has 2 heterocycles. The Morgan fingerprint density at radius 1 is 1.54 bits per heavy atom. The van der Waals surface area contributed by atoms with E-state index in [0.29, 0.717) is 0 Å². The molecule has 0 spiro atoms.